The van der Waals surface area contributed by atoms with Crippen molar-refractivity contribution in [3.8, 4) is 0 Å². The molecule has 1 aliphatic heterocycles. The molecule has 1 aliphatic rings. The lowest BCUT2D eigenvalue weighted by Gasteiger charge is -2.31. The minimum Gasteiger partial charge on any atom is -0.380 e. The van der Waals surface area contributed by atoms with Gasteiger partial charge in [-0.05, 0) is 49.4 Å². The molecular weight excluding hydrogens is 260 g/mol. The van der Waals surface area contributed by atoms with Crippen molar-refractivity contribution in [2.75, 3.05) is 26.7 Å². The van der Waals surface area contributed by atoms with E-state index in [0.717, 1.165) is 5.92 Å². The molecule has 0 bridgehead atoms. The van der Waals surface area contributed by atoms with Crippen LogP contribution in [0.4, 0.5) is 0 Å². The molecule has 0 saturated carbocycles. The standard InChI is InChI=1S/C18H30N2O/c1-3-15-7-6-11-20(12-10-15)18(13-19)17-9-5-4-8-16(17)14-21-2/h4-5,8-9,15,18H,3,6-7,10-14,19H2,1-2H3. The van der Waals surface area contributed by atoms with E-state index in [9.17, 15) is 0 Å². The van der Waals surface area contributed by atoms with E-state index in [4.69, 9.17) is 10.5 Å². The van der Waals surface area contributed by atoms with Crippen LogP contribution in [0.1, 0.15) is 49.8 Å². The first-order chi connectivity index (χ1) is 10.3. The third-order valence-electron chi connectivity index (χ3n) is 4.84. The largest absolute Gasteiger partial charge is 0.380 e. The third kappa shape index (κ3) is 4.29. The summed E-state index contributed by atoms with van der Waals surface area (Å²) in [4.78, 5) is 2.59. The fourth-order valence-electron chi connectivity index (χ4n) is 3.53. The van der Waals surface area contributed by atoms with Crippen LogP contribution in [0.2, 0.25) is 0 Å². The van der Waals surface area contributed by atoms with Gasteiger partial charge in [-0.15, -0.1) is 0 Å². The van der Waals surface area contributed by atoms with E-state index in [1.807, 2.05) is 0 Å². The molecule has 2 atom stereocenters. The minimum absolute atomic E-state index is 0.326. The number of likely N-dealkylation sites (tertiary alicyclic amines) is 1. The zero-order chi connectivity index (χ0) is 15.1. The Morgan fingerprint density at radius 3 is 2.81 bits per heavy atom. The van der Waals surface area contributed by atoms with Gasteiger partial charge in [0.05, 0.1) is 6.61 Å². The fourth-order valence-corrected chi connectivity index (χ4v) is 3.53. The summed E-state index contributed by atoms with van der Waals surface area (Å²) < 4.78 is 5.35. The first-order valence-corrected chi connectivity index (χ1v) is 8.31. The number of benzene rings is 1. The van der Waals surface area contributed by atoms with Crippen LogP contribution in [0.25, 0.3) is 0 Å². The minimum atomic E-state index is 0.326. The Bertz CT molecular complexity index is 421. The average molecular weight is 290 g/mol. The normalized spacial score (nSPS) is 22.0. The molecule has 1 heterocycles. The fraction of sp³-hybridized carbons (Fsp3) is 0.667. The molecule has 1 aromatic rings. The number of methoxy groups -OCH3 is 1. The van der Waals surface area contributed by atoms with E-state index in [0.29, 0.717) is 19.2 Å². The predicted molar refractivity (Wildman–Crippen MR) is 88.2 cm³/mol. The molecule has 3 nitrogen and oxygen atoms in total. The van der Waals surface area contributed by atoms with Crippen LogP contribution < -0.4 is 5.73 Å². The number of nitrogens with two attached hydrogens (primary N) is 1. The highest BCUT2D eigenvalue weighted by Crippen LogP contribution is 2.28. The monoisotopic (exact) mass is 290 g/mol. The van der Waals surface area contributed by atoms with Gasteiger partial charge in [0, 0.05) is 19.7 Å². The van der Waals surface area contributed by atoms with Crippen LogP contribution in [0.15, 0.2) is 24.3 Å². The molecule has 1 aromatic carbocycles. The lowest BCUT2D eigenvalue weighted by Crippen LogP contribution is -2.35. The van der Waals surface area contributed by atoms with E-state index < -0.39 is 0 Å². The van der Waals surface area contributed by atoms with Gasteiger partial charge in [0.25, 0.3) is 0 Å². The van der Waals surface area contributed by atoms with Crippen LogP contribution in [-0.2, 0) is 11.3 Å². The van der Waals surface area contributed by atoms with Gasteiger partial charge in [-0.2, -0.15) is 0 Å². The summed E-state index contributed by atoms with van der Waals surface area (Å²) in [6, 6.07) is 8.90. The highest BCUT2D eigenvalue weighted by atomic mass is 16.5. The van der Waals surface area contributed by atoms with Crippen molar-refractivity contribution in [2.45, 2.75) is 45.3 Å². The predicted octanol–water partition coefficient (Wildman–Crippen LogP) is 3.34. The molecule has 1 saturated heterocycles. The van der Waals surface area contributed by atoms with Gasteiger partial charge in [-0.25, -0.2) is 0 Å². The molecule has 118 valence electrons. The number of rotatable bonds is 6. The molecule has 1 fully saturated rings. The summed E-state index contributed by atoms with van der Waals surface area (Å²) in [6.45, 7) is 5.99. The number of hydrogen-bond acceptors (Lipinski definition) is 3. The maximum absolute atomic E-state index is 6.14. The first kappa shape index (κ1) is 16.5. The Morgan fingerprint density at radius 2 is 2.10 bits per heavy atom. The average Bonchev–Trinajstić information content (AvgIpc) is 2.76. The molecule has 0 radical (unpaired) electrons. The molecule has 2 unspecified atom stereocenters. The van der Waals surface area contributed by atoms with Gasteiger partial charge in [0.2, 0.25) is 0 Å². The second-order valence-electron chi connectivity index (χ2n) is 6.12. The lowest BCUT2D eigenvalue weighted by atomic mass is 9.98. The summed E-state index contributed by atoms with van der Waals surface area (Å²) >= 11 is 0. The summed E-state index contributed by atoms with van der Waals surface area (Å²) in [5, 5.41) is 0. The van der Waals surface area contributed by atoms with Crippen LogP contribution >= 0.6 is 0 Å². The molecule has 2 rings (SSSR count). The van der Waals surface area contributed by atoms with Gasteiger partial charge < -0.3 is 10.5 Å². The smallest absolute Gasteiger partial charge is 0.0716 e. The van der Waals surface area contributed by atoms with E-state index >= 15 is 0 Å². The topological polar surface area (TPSA) is 38.5 Å². The van der Waals surface area contributed by atoms with Gasteiger partial charge in [-0.3, -0.25) is 4.90 Å². The SMILES string of the molecule is CCC1CCCN(C(CN)c2ccccc2COC)CC1. The molecule has 0 amide bonds. The Morgan fingerprint density at radius 1 is 1.29 bits per heavy atom. The first-order valence-electron chi connectivity index (χ1n) is 8.31. The maximum Gasteiger partial charge on any atom is 0.0716 e. The molecule has 0 aromatic heterocycles. The van der Waals surface area contributed by atoms with Crippen LogP contribution in [0.5, 0.6) is 0 Å². The van der Waals surface area contributed by atoms with E-state index in [2.05, 4.69) is 36.1 Å². The van der Waals surface area contributed by atoms with Gasteiger partial charge in [-0.1, -0.05) is 37.6 Å². The zero-order valence-corrected chi connectivity index (χ0v) is 13.6. The number of hydrogen-bond donors (Lipinski definition) is 1. The van der Waals surface area contributed by atoms with Crippen LogP contribution in [-0.4, -0.2) is 31.6 Å². The quantitative estimate of drug-likeness (QED) is 0.873. The Hall–Kier alpha value is -0.900. The Labute approximate surface area is 129 Å². The summed E-state index contributed by atoms with van der Waals surface area (Å²) in [5.41, 5.74) is 8.75. The highest BCUT2D eigenvalue weighted by molar-refractivity contribution is 5.30. The maximum atomic E-state index is 6.14. The van der Waals surface area contributed by atoms with Crippen molar-refractivity contribution < 1.29 is 4.74 Å². The Kier molecular flexibility index (Phi) is 6.68. The molecule has 0 aliphatic carbocycles. The van der Waals surface area contributed by atoms with Crippen LogP contribution in [0, 0.1) is 5.92 Å². The van der Waals surface area contributed by atoms with Crippen molar-refractivity contribution in [3.05, 3.63) is 35.4 Å². The van der Waals surface area contributed by atoms with Gasteiger partial charge in [0.1, 0.15) is 0 Å². The highest BCUT2D eigenvalue weighted by Gasteiger charge is 2.24. The van der Waals surface area contributed by atoms with E-state index in [1.165, 1.54) is 49.9 Å². The Balaban J connectivity index is 2.15. The van der Waals surface area contributed by atoms with Gasteiger partial charge in [0.15, 0.2) is 0 Å². The molecule has 2 N–H and O–H groups in total. The molecule has 3 heteroatoms. The lowest BCUT2D eigenvalue weighted by molar-refractivity contribution is 0.175. The van der Waals surface area contributed by atoms with Crippen molar-refractivity contribution in [3.63, 3.8) is 0 Å². The second-order valence-corrected chi connectivity index (χ2v) is 6.12. The van der Waals surface area contributed by atoms with Crippen molar-refractivity contribution >= 4 is 0 Å². The third-order valence-corrected chi connectivity index (χ3v) is 4.84. The number of nitrogens with zero attached hydrogens (tertiary/aromatic N) is 1. The molecule has 0 spiro atoms. The molecular formula is C18H30N2O. The van der Waals surface area contributed by atoms with Crippen LogP contribution in [0.3, 0.4) is 0 Å². The second kappa shape index (κ2) is 8.52. The summed E-state index contributed by atoms with van der Waals surface area (Å²) in [6.07, 6.45) is 5.27. The number of ether oxygens (including phenoxy) is 1. The van der Waals surface area contributed by atoms with Crippen molar-refractivity contribution in [2.24, 2.45) is 11.7 Å². The summed E-state index contributed by atoms with van der Waals surface area (Å²) in [5.74, 6) is 0.891. The van der Waals surface area contributed by atoms with Gasteiger partial charge >= 0.3 is 0 Å². The summed E-state index contributed by atoms with van der Waals surface area (Å²) in [7, 11) is 1.76. The zero-order valence-electron chi connectivity index (χ0n) is 13.6. The molecule has 21 heavy (non-hydrogen) atoms. The van der Waals surface area contributed by atoms with Crippen molar-refractivity contribution in [1.29, 1.82) is 0 Å². The van der Waals surface area contributed by atoms with Crippen molar-refractivity contribution in [1.82, 2.24) is 4.90 Å². The van der Waals surface area contributed by atoms with E-state index in [1.54, 1.807) is 7.11 Å². The van der Waals surface area contributed by atoms with E-state index in [-0.39, 0.29) is 0 Å².